The van der Waals surface area contributed by atoms with Crippen LogP contribution < -0.4 is 20.3 Å². The fourth-order valence-corrected chi connectivity index (χ4v) is 4.84. The Bertz CT molecular complexity index is 944. The number of nitrogens with zero attached hydrogens (tertiary/aromatic N) is 1. The second-order valence-corrected chi connectivity index (χ2v) is 7.64. The average molecular weight is 377 g/mol. The van der Waals surface area contributed by atoms with Crippen molar-refractivity contribution in [1.82, 2.24) is 10.6 Å². The summed E-state index contributed by atoms with van der Waals surface area (Å²) >= 11 is 0. The normalized spacial score (nSPS) is 26.7. The largest absolute Gasteiger partial charge is 0.494 e. The number of para-hydroxylation sites is 1. The Morgan fingerprint density at radius 3 is 2.89 bits per heavy atom. The maximum Gasteiger partial charge on any atom is 0.240 e. The highest BCUT2D eigenvalue weighted by Crippen LogP contribution is 2.53. The maximum atomic E-state index is 13.8. The van der Waals surface area contributed by atoms with Gasteiger partial charge in [-0.25, -0.2) is 0 Å². The van der Waals surface area contributed by atoms with Crippen molar-refractivity contribution in [3.63, 3.8) is 0 Å². The van der Waals surface area contributed by atoms with Gasteiger partial charge in [0.1, 0.15) is 12.3 Å². The minimum absolute atomic E-state index is 0.00207. The molecular formula is C22H23N3O3. The predicted molar refractivity (Wildman–Crippen MR) is 105 cm³/mol. The van der Waals surface area contributed by atoms with E-state index in [0.29, 0.717) is 26.0 Å². The first-order valence-electron chi connectivity index (χ1n) is 9.84. The van der Waals surface area contributed by atoms with Gasteiger partial charge in [-0.2, -0.15) is 0 Å². The topological polar surface area (TPSA) is 70.7 Å². The van der Waals surface area contributed by atoms with Crippen LogP contribution in [0.3, 0.4) is 0 Å². The molecule has 2 amide bonds. The van der Waals surface area contributed by atoms with E-state index < -0.39 is 5.41 Å². The van der Waals surface area contributed by atoms with Gasteiger partial charge in [0, 0.05) is 12.2 Å². The molecule has 28 heavy (non-hydrogen) atoms. The molecule has 2 aromatic rings. The van der Waals surface area contributed by atoms with Crippen LogP contribution in [0.25, 0.3) is 0 Å². The van der Waals surface area contributed by atoms with Gasteiger partial charge >= 0.3 is 0 Å². The van der Waals surface area contributed by atoms with Crippen molar-refractivity contribution in [2.45, 2.75) is 24.3 Å². The fraction of sp³-hybridized carbons (Fsp3) is 0.364. The van der Waals surface area contributed by atoms with Crippen molar-refractivity contribution in [2.24, 2.45) is 0 Å². The number of anilines is 1. The van der Waals surface area contributed by atoms with Crippen molar-refractivity contribution in [2.75, 3.05) is 31.1 Å². The molecule has 5 rings (SSSR count). The first kappa shape index (κ1) is 17.3. The molecule has 144 valence electrons. The summed E-state index contributed by atoms with van der Waals surface area (Å²) in [5.74, 6) is 0.654. The lowest BCUT2D eigenvalue weighted by Crippen LogP contribution is -2.47. The zero-order valence-electron chi connectivity index (χ0n) is 15.6. The van der Waals surface area contributed by atoms with Crippen LogP contribution >= 0.6 is 0 Å². The molecule has 6 nitrogen and oxygen atoms in total. The lowest BCUT2D eigenvalue weighted by molar-refractivity contribution is -0.126. The number of benzene rings is 2. The van der Waals surface area contributed by atoms with Gasteiger partial charge in [-0.05, 0) is 48.7 Å². The third-order valence-corrected chi connectivity index (χ3v) is 6.07. The van der Waals surface area contributed by atoms with Crippen LogP contribution in [0.1, 0.15) is 30.0 Å². The molecule has 4 bridgehead atoms. The minimum Gasteiger partial charge on any atom is -0.494 e. The Labute approximate surface area is 163 Å². The Morgan fingerprint density at radius 1 is 1.07 bits per heavy atom. The monoisotopic (exact) mass is 377 g/mol. The highest BCUT2D eigenvalue weighted by atomic mass is 16.5. The van der Waals surface area contributed by atoms with Crippen molar-refractivity contribution in [3.05, 3.63) is 59.7 Å². The van der Waals surface area contributed by atoms with Crippen molar-refractivity contribution in [1.29, 1.82) is 0 Å². The SMILES string of the molecule is O=C1CN2C(=O)[C@]3(CCN[C@H]3c3cccc(c3)OCCCN1)c1ccccc12. The number of carbonyl (C=O) groups excluding carboxylic acids is 2. The number of hydrogen-bond donors (Lipinski definition) is 2. The smallest absolute Gasteiger partial charge is 0.240 e. The van der Waals surface area contributed by atoms with E-state index in [0.717, 1.165) is 29.1 Å². The van der Waals surface area contributed by atoms with E-state index in [1.54, 1.807) is 4.90 Å². The molecule has 1 saturated heterocycles. The van der Waals surface area contributed by atoms with E-state index in [1.807, 2.05) is 42.5 Å². The Kier molecular flexibility index (Phi) is 4.09. The van der Waals surface area contributed by atoms with E-state index in [-0.39, 0.29) is 24.4 Å². The van der Waals surface area contributed by atoms with Gasteiger partial charge in [0.05, 0.1) is 18.1 Å². The molecule has 1 fully saturated rings. The molecular weight excluding hydrogens is 354 g/mol. The number of fused-ring (bicyclic) bond motifs is 6. The fourth-order valence-electron chi connectivity index (χ4n) is 4.84. The van der Waals surface area contributed by atoms with E-state index in [4.69, 9.17) is 4.74 Å². The number of amides is 2. The molecule has 0 aromatic heterocycles. The van der Waals surface area contributed by atoms with Crippen LogP contribution in [0.15, 0.2) is 48.5 Å². The van der Waals surface area contributed by atoms with Gasteiger partial charge < -0.3 is 20.3 Å². The molecule has 2 N–H and O–H groups in total. The Balaban J connectivity index is 1.67. The average Bonchev–Trinajstić information content (AvgIpc) is 3.25. The summed E-state index contributed by atoms with van der Waals surface area (Å²) in [5.41, 5.74) is 2.20. The summed E-state index contributed by atoms with van der Waals surface area (Å²) < 4.78 is 5.87. The molecule has 0 aliphatic carbocycles. The molecule has 3 heterocycles. The molecule has 2 aromatic carbocycles. The number of carbonyl (C=O) groups is 2. The van der Waals surface area contributed by atoms with E-state index in [2.05, 4.69) is 16.7 Å². The second kappa shape index (κ2) is 6.63. The van der Waals surface area contributed by atoms with Crippen LogP contribution in [0.2, 0.25) is 0 Å². The van der Waals surface area contributed by atoms with Crippen LogP contribution in [0, 0.1) is 0 Å². The highest BCUT2D eigenvalue weighted by Gasteiger charge is 2.58. The van der Waals surface area contributed by atoms with Crippen molar-refractivity contribution >= 4 is 17.5 Å². The van der Waals surface area contributed by atoms with Crippen LogP contribution in [-0.4, -0.2) is 38.1 Å². The van der Waals surface area contributed by atoms with E-state index >= 15 is 0 Å². The van der Waals surface area contributed by atoms with Crippen LogP contribution in [-0.2, 0) is 15.0 Å². The van der Waals surface area contributed by atoms with Gasteiger partial charge in [-0.15, -0.1) is 0 Å². The molecule has 3 aliphatic rings. The van der Waals surface area contributed by atoms with Gasteiger partial charge in [0.15, 0.2) is 0 Å². The Morgan fingerprint density at radius 2 is 1.96 bits per heavy atom. The molecule has 2 atom stereocenters. The number of hydrogen-bond acceptors (Lipinski definition) is 4. The summed E-state index contributed by atoms with van der Waals surface area (Å²) in [5, 5.41) is 6.45. The molecule has 0 radical (unpaired) electrons. The predicted octanol–water partition coefficient (Wildman–Crippen LogP) is 1.90. The summed E-state index contributed by atoms with van der Waals surface area (Å²) in [6.07, 6.45) is 1.42. The van der Waals surface area contributed by atoms with Gasteiger partial charge in [-0.1, -0.05) is 30.3 Å². The first-order chi connectivity index (χ1) is 13.7. The van der Waals surface area contributed by atoms with Crippen molar-refractivity contribution in [3.8, 4) is 5.75 Å². The van der Waals surface area contributed by atoms with Gasteiger partial charge in [-0.3, -0.25) is 9.59 Å². The number of nitrogens with one attached hydrogen (secondary N) is 2. The summed E-state index contributed by atoms with van der Waals surface area (Å²) in [7, 11) is 0. The second-order valence-electron chi connectivity index (χ2n) is 7.64. The quantitative estimate of drug-likeness (QED) is 0.736. The van der Waals surface area contributed by atoms with Crippen LogP contribution in [0.5, 0.6) is 5.75 Å². The maximum absolute atomic E-state index is 13.8. The molecule has 6 heteroatoms. The number of rotatable bonds is 0. The van der Waals surface area contributed by atoms with Gasteiger partial charge in [0.25, 0.3) is 0 Å². The minimum atomic E-state index is -0.695. The molecule has 1 spiro atoms. The van der Waals surface area contributed by atoms with E-state index in [1.165, 1.54) is 0 Å². The van der Waals surface area contributed by atoms with Gasteiger partial charge in [0.2, 0.25) is 11.8 Å². The molecule has 3 aliphatic heterocycles. The summed E-state index contributed by atoms with van der Waals surface area (Å²) in [4.78, 5) is 27.9. The molecule has 0 unspecified atom stereocenters. The zero-order valence-corrected chi connectivity index (χ0v) is 15.6. The van der Waals surface area contributed by atoms with Crippen molar-refractivity contribution < 1.29 is 14.3 Å². The lowest BCUT2D eigenvalue weighted by atomic mass is 9.73. The third-order valence-electron chi connectivity index (χ3n) is 6.07. The highest BCUT2D eigenvalue weighted by molar-refractivity contribution is 6.11. The third kappa shape index (κ3) is 2.52. The molecule has 0 saturated carbocycles. The zero-order chi connectivity index (χ0) is 19.1. The van der Waals surface area contributed by atoms with Crippen LogP contribution in [0.4, 0.5) is 5.69 Å². The Hall–Kier alpha value is -2.86. The summed E-state index contributed by atoms with van der Waals surface area (Å²) in [6, 6.07) is 15.7. The standard InChI is InChI=1S/C22H23N3O3/c26-19-14-25-18-8-2-1-7-17(18)22(21(25)27)9-11-24-20(22)15-5-3-6-16(13-15)28-12-4-10-23-19/h1-3,5-8,13,20,24H,4,9-12,14H2,(H,23,26)/t20-,22+/m0/s1. The summed E-state index contributed by atoms with van der Waals surface area (Å²) in [6.45, 7) is 1.86. The number of ether oxygens (including phenoxy) is 1. The van der Waals surface area contributed by atoms with E-state index in [9.17, 15) is 9.59 Å². The lowest BCUT2D eigenvalue weighted by Gasteiger charge is -2.31. The first-order valence-corrected chi connectivity index (χ1v) is 9.84.